The van der Waals surface area contributed by atoms with Crippen molar-refractivity contribution in [2.75, 3.05) is 26.2 Å². The van der Waals surface area contributed by atoms with Crippen molar-refractivity contribution in [1.82, 2.24) is 20.4 Å². The summed E-state index contributed by atoms with van der Waals surface area (Å²) in [6, 6.07) is -0.506. The Kier molecular flexibility index (Phi) is 6.96. The molecule has 0 aromatic rings. The second-order valence-electron chi connectivity index (χ2n) is 12.9. The zero-order valence-electron chi connectivity index (χ0n) is 22.4. The molecule has 6 fully saturated rings. The molecule has 0 amide bonds. The smallest absolute Gasteiger partial charge is 0.340 e. The summed E-state index contributed by atoms with van der Waals surface area (Å²) in [6.07, 6.45) is 6.15. The quantitative estimate of drug-likeness (QED) is 0.353. The fourth-order valence-electron chi connectivity index (χ4n) is 8.70. The van der Waals surface area contributed by atoms with E-state index in [4.69, 9.17) is 15.2 Å². The fourth-order valence-corrected chi connectivity index (χ4v) is 8.70. The number of carbonyl (C=O) groups excluding carboxylic acids is 1. The van der Waals surface area contributed by atoms with Gasteiger partial charge in [0.25, 0.3) is 0 Å². The van der Waals surface area contributed by atoms with Crippen LogP contribution in [0.3, 0.4) is 0 Å². The van der Waals surface area contributed by atoms with Crippen LogP contribution in [0.1, 0.15) is 51.4 Å². The summed E-state index contributed by atoms with van der Waals surface area (Å²) >= 11 is 0. The van der Waals surface area contributed by atoms with Gasteiger partial charge in [-0.25, -0.2) is 9.18 Å². The van der Waals surface area contributed by atoms with E-state index in [2.05, 4.69) is 20.4 Å². The Bertz CT molecular complexity index is 1010. The molecule has 0 bridgehead atoms. The van der Waals surface area contributed by atoms with E-state index in [1.807, 2.05) is 0 Å². The number of likely N-dealkylation sites (tertiary alicyclic amines) is 1. The number of ether oxygens (including phenoxy) is 2. The lowest BCUT2D eigenvalue weighted by molar-refractivity contribution is -0.222. The molecule has 7 aliphatic rings. The highest BCUT2D eigenvalue weighted by molar-refractivity contribution is 6.18. The van der Waals surface area contributed by atoms with Crippen LogP contribution in [0.25, 0.3) is 0 Å². The molecule has 10 nitrogen and oxygen atoms in total. The Hall–Kier alpha value is -1.63. The number of rotatable bonds is 5. The Labute approximate surface area is 228 Å². The number of nitrogens with two attached hydrogens (primary N) is 1. The number of hydrogen-bond donors (Lipinski definition) is 4. The number of aliphatic carboxylic acids is 1. The maximum Gasteiger partial charge on any atom is 0.340 e. The normalized spacial score (nSPS) is 47.5. The molecule has 4 aliphatic heterocycles. The molecule has 39 heavy (non-hydrogen) atoms. The van der Waals surface area contributed by atoms with Crippen LogP contribution in [0, 0.1) is 5.92 Å². The van der Waals surface area contributed by atoms with E-state index in [0.29, 0.717) is 19.4 Å². The van der Waals surface area contributed by atoms with Gasteiger partial charge in [0.15, 0.2) is 5.78 Å². The maximum atomic E-state index is 15.8. The molecule has 11 heteroatoms. The van der Waals surface area contributed by atoms with E-state index in [9.17, 15) is 14.7 Å². The van der Waals surface area contributed by atoms with Gasteiger partial charge in [-0.1, -0.05) is 0 Å². The van der Waals surface area contributed by atoms with E-state index in [0.717, 1.165) is 38.9 Å². The minimum Gasteiger partial charge on any atom is -0.478 e. The van der Waals surface area contributed by atoms with Crippen molar-refractivity contribution < 1.29 is 28.6 Å². The zero-order valence-corrected chi connectivity index (χ0v) is 22.4. The van der Waals surface area contributed by atoms with Gasteiger partial charge in [0.1, 0.15) is 11.7 Å². The maximum absolute atomic E-state index is 15.8. The van der Waals surface area contributed by atoms with Crippen molar-refractivity contribution >= 4 is 11.8 Å². The number of nitrogens with one attached hydrogen (secondary N) is 2. The van der Waals surface area contributed by atoms with Crippen molar-refractivity contribution in [3.8, 4) is 0 Å². The molecule has 216 valence electrons. The number of morpholine rings is 2. The van der Waals surface area contributed by atoms with Crippen molar-refractivity contribution in [3.05, 3.63) is 11.8 Å². The third-order valence-corrected chi connectivity index (χ3v) is 10.6. The largest absolute Gasteiger partial charge is 0.478 e. The number of fused-ring (bicyclic) bond motifs is 4. The third-order valence-electron chi connectivity index (χ3n) is 10.6. The first kappa shape index (κ1) is 26.3. The minimum absolute atomic E-state index is 0.00893. The zero-order chi connectivity index (χ0) is 26.8. The van der Waals surface area contributed by atoms with Gasteiger partial charge in [-0.3, -0.25) is 4.79 Å². The summed E-state index contributed by atoms with van der Waals surface area (Å²) in [5, 5.41) is 17.1. The first-order valence-corrected chi connectivity index (χ1v) is 15.1. The van der Waals surface area contributed by atoms with Crippen LogP contribution < -0.4 is 16.4 Å². The fraction of sp³-hybridized carbons (Fsp3) is 0.857. The van der Waals surface area contributed by atoms with E-state index < -0.39 is 36.0 Å². The van der Waals surface area contributed by atoms with Crippen LogP contribution in [0.5, 0.6) is 0 Å². The number of nitrogens with zero attached hydrogens (tertiary/aromatic N) is 2. The van der Waals surface area contributed by atoms with E-state index in [1.54, 1.807) is 0 Å². The summed E-state index contributed by atoms with van der Waals surface area (Å²) in [7, 11) is 0. The van der Waals surface area contributed by atoms with Gasteiger partial charge in [-0.15, -0.1) is 0 Å². The molecule has 7 rings (SSSR count). The Morgan fingerprint density at radius 1 is 1.10 bits per heavy atom. The Morgan fingerprint density at radius 3 is 2.69 bits per heavy atom. The lowest BCUT2D eigenvalue weighted by atomic mass is 9.69. The molecule has 0 spiro atoms. The minimum atomic E-state index is -1.29. The average Bonchev–Trinajstić information content (AvgIpc) is 3.43. The standard InChI is InChI=1S/C28H42FN5O5/c29-17-10-15-25-27(24(17)31-5-8-33-6-1-2-7-33)39-23-11-19-22(38-21-9-14(30)3-4-18(21)32-19)12-20(23)34(25)13-16(26(15)35)28(36)37/h13-15,17-25,27,31-32H,1-12,30H2,(H,36,37). The van der Waals surface area contributed by atoms with Crippen LogP contribution in [-0.4, -0.2) is 120 Å². The van der Waals surface area contributed by atoms with E-state index >= 15 is 4.39 Å². The topological polar surface area (TPSA) is 129 Å². The van der Waals surface area contributed by atoms with E-state index in [1.165, 1.54) is 19.0 Å². The monoisotopic (exact) mass is 547 g/mol. The number of carbonyl (C=O) groups is 2. The van der Waals surface area contributed by atoms with E-state index in [-0.39, 0.29) is 60.5 Å². The SMILES string of the molecule is NC1CCC2NC3CC4OC5C(NCCN6CCCC6)C(F)CC6C(=O)C(C(=O)O)=CN(C4CC3OC2C1)C65. The van der Waals surface area contributed by atoms with Gasteiger partial charge >= 0.3 is 5.97 Å². The van der Waals surface area contributed by atoms with Crippen molar-refractivity contribution in [2.45, 2.75) is 118 Å². The number of carboxylic acid groups (broad SMARTS) is 1. The molecule has 3 aliphatic carbocycles. The lowest BCUT2D eigenvalue weighted by Gasteiger charge is -2.61. The number of ketones is 1. The second kappa shape index (κ2) is 10.3. The lowest BCUT2D eigenvalue weighted by Crippen LogP contribution is -2.75. The van der Waals surface area contributed by atoms with Crippen LogP contribution in [-0.2, 0) is 19.1 Å². The molecule has 3 saturated heterocycles. The molecule has 4 heterocycles. The highest BCUT2D eigenvalue weighted by Gasteiger charge is 2.60. The molecule has 0 aromatic heterocycles. The predicted molar refractivity (Wildman–Crippen MR) is 140 cm³/mol. The Balaban J connectivity index is 1.15. The average molecular weight is 548 g/mol. The molecule has 3 saturated carbocycles. The van der Waals surface area contributed by atoms with Crippen molar-refractivity contribution in [3.63, 3.8) is 0 Å². The third kappa shape index (κ3) is 4.63. The molecular formula is C28H42FN5O5. The number of halogens is 1. The van der Waals surface area contributed by atoms with Gasteiger partial charge in [0, 0.05) is 43.3 Å². The number of hydrogen-bond acceptors (Lipinski definition) is 9. The highest BCUT2D eigenvalue weighted by Crippen LogP contribution is 2.47. The molecular weight excluding hydrogens is 505 g/mol. The van der Waals surface area contributed by atoms with Gasteiger partial charge in [-0.2, -0.15) is 0 Å². The summed E-state index contributed by atoms with van der Waals surface area (Å²) in [4.78, 5) is 29.8. The van der Waals surface area contributed by atoms with Crippen LogP contribution in [0.2, 0.25) is 0 Å². The predicted octanol–water partition coefficient (Wildman–Crippen LogP) is 0.155. The molecule has 0 radical (unpaired) electrons. The van der Waals surface area contributed by atoms with Crippen LogP contribution in [0.15, 0.2) is 11.8 Å². The first-order valence-electron chi connectivity index (χ1n) is 15.1. The molecule has 0 aromatic carbocycles. The summed E-state index contributed by atoms with van der Waals surface area (Å²) in [6.45, 7) is 3.68. The van der Waals surface area contributed by atoms with Gasteiger partial charge in [0.2, 0.25) is 0 Å². The van der Waals surface area contributed by atoms with Gasteiger partial charge in [0.05, 0.1) is 42.5 Å². The van der Waals surface area contributed by atoms with Crippen molar-refractivity contribution in [1.29, 1.82) is 0 Å². The number of alkyl halides is 1. The second-order valence-corrected chi connectivity index (χ2v) is 12.9. The number of Topliss-reactive ketones (excluding diaryl/α,β-unsaturated/α-hetero) is 1. The summed E-state index contributed by atoms with van der Waals surface area (Å²) in [5.41, 5.74) is 5.99. The van der Waals surface area contributed by atoms with Gasteiger partial charge < -0.3 is 40.7 Å². The molecule has 12 atom stereocenters. The van der Waals surface area contributed by atoms with Crippen LogP contribution in [0.4, 0.5) is 4.39 Å². The Morgan fingerprint density at radius 2 is 1.90 bits per heavy atom. The summed E-state index contributed by atoms with van der Waals surface area (Å²) < 4.78 is 29.2. The first-order chi connectivity index (χ1) is 18.9. The van der Waals surface area contributed by atoms with Crippen molar-refractivity contribution in [2.24, 2.45) is 11.7 Å². The molecule has 12 unspecified atom stereocenters. The van der Waals surface area contributed by atoms with Crippen LogP contribution >= 0.6 is 0 Å². The van der Waals surface area contributed by atoms with Gasteiger partial charge in [-0.05, 0) is 64.5 Å². The number of carboxylic acids is 1. The molecule has 5 N–H and O–H groups in total. The highest BCUT2D eigenvalue weighted by atomic mass is 19.1. The summed E-state index contributed by atoms with van der Waals surface area (Å²) in [5.74, 6) is -2.46.